The lowest BCUT2D eigenvalue weighted by Crippen LogP contribution is -2.18. The van der Waals surface area contributed by atoms with Gasteiger partial charge in [-0.1, -0.05) is 11.6 Å². The standard InChI is InChI=1S/C20H15NO5/c1-3-25-20(24)14-9-21-15-7-13-17(8-11(15)18(14)22)26-16-5-4-10(2)6-12(16)19(13)23/h4-9H,3H2,1-2H3,(H,21,22). The number of pyridine rings is 1. The molecule has 26 heavy (non-hydrogen) atoms. The second kappa shape index (κ2) is 5.84. The molecule has 0 saturated heterocycles. The first-order chi connectivity index (χ1) is 12.5. The molecule has 0 spiro atoms. The SMILES string of the molecule is CCOC(=O)c1c[nH]c2cc3c(=O)c4cc(C)ccc4oc3cc2c1=O. The zero-order chi connectivity index (χ0) is 18.4. The van der Waals surface area contributed by atoms with Crippen molar-refractivity contribution in [2.75, 3.05) is 6.61 Å². The van der Waals surface area contributed by atoms with Gasteiger partial charge in [0.1, 0.15) is 16.7 Å². The maximum absolute atomic E-state index is 12.8. The molecule has 0 saturated carbocycles. The Labute approximate surface area is 147 Å². The van der Waals surface area contributed by atoms with Crippen molar-refractivity contribution in [3.05, 3.63) is 68.1 Å². The lowest BCUT2D eigenvalue weighted by atomic mass is 10.1. The quantitative estimate of drug-likeness (QED) is 0.443. The molecule has 4 aromatic rings. The van der Waals surface area contributed by atoms with Crippen LogP contribution in [0.25, 0.3) is 32.8 Å². The Bertz CT molecular complexity index is 1310. The summed E-state index contributed by atoms with van der Waals surface area (Å²) in [6.45, 7) is 3.74. The smallest absolute Gasteiger partial charge is 0.343 e. The van der Waals surface area contributed by atoms with Gasteiger partial charge in [-0.3, -0.25) is 9.59 Å². The number of nitrogens with one attached hydrogen (secondary N) is 1. The van der Waals surface area contributed by atoms with Crippen LogP contribution in [0.2, 0.25) is 0 Å². The first kappa shape index (κ1) is 16.1. The van der Waals surface area contributed by atoms with E-state index in [0.29, 0.717) is 27.5 Å². The number of fused-ring (bicyclic) bond motifs is 3. The van der Waals surface area contributed by atoms with E-state index in [9.17, 15) is 14.4 Å². The normalized spacial score (nSPS) is 11.3. The molecule has 0 bridgehead atoms. The molecule has 4 rings (SSSR count). The highest BCUT2D eigenvalue weighted by molar-refractivity contribution is 6.00. The molecule has 2 heterocycles. The van der Waals surface area contributed by atoms with Gasteiger partial charge in [0.2, 0.25) is 10.9 Å². The van der Waals surface area contributed by atoms with E-state index in [1.807, 2.05) is 13.0 Å². The van der Waals surface area contributed by atoms with Gasteiger partial charge < -0.3 is 14.1 Å². The van der Waals surface area contributed by atoms with Gasteiger partial charge in [-0.05, 0) is 38.1 Å². The van der Waals surface area contributed by atoms with E-state index in [2.05, 4.69) is 4.98 Å². The van der Waals surface area contributed by atoms with Crippen LogP contribution in [0.5, 0.6) is 0 Å². The van der Waals surface area contributed by atoms with E-state index in [0.717, 1.165) is 5.56 Å². The lowest BCUT2D eigenvalue weighted by Gasteiger charge is -2.06. The predicted molar refractivity (Wildman–Crippen MR) is 98.8 cm³/mol. The summed E-state index contributed by atoms with van der Waals surface area (Å²) < 4.78 is 10.7. The molecule has 0 radical (unpaired) electrons. The van der Waals surface area contributed by atoms with Crippen LogP contribution in [-0.4, -0.2) is 17.6 Å². The van der Waals surface area contributed by atoms with Gasteiger partial charge in [-0.2, -0.15) is 0 Å². The third-order valence-electron chi connectivity index (χ3n) is 4.32. The third-order valence-corrected chi connectivity index (χ3v) is 4.32. The van der Waals surface area contributed by atoms with Crippen molar-refractivity contribution >= 4 is 38.8 Å². The van der Waals surface area contributed by atoms with Crippen molar-refractivity contribution in [3.63, 3.8) is 0 Å². The minimum atomic E-state index is -0.689. The molecule has 0 unspecified atom stereocenters. The highest BCUT2D eigenvalue weighted by Crippen LogP contribution is 2.23. The van der Waals surface area contributed by atoms with Crippen molar-refractivity contribution in [2.45, 2.75) is 13.8 Å². The monoisotopic (exact) mass is 349 g/mol. The number of carbonyl (C=O) groups is 1. The minimum Gasteiger partial charge on any atom is -0.462 e. The van der Waals surface area contributed by atoms with Gasteiger partial charge in [-0.25, -0.2) is 4.79 Å². The molecule has 6 heteroatoms. The zero-order valence-corrected chi connectivity index (χ0v) is 14.2. The van der Waals surface area contributed by atoms with Gasteiger partial charge in [0, 0.05) is 6.20 Å². The van der Waals surface area contributed by atoms with Crippen LogP contribution in [0.3, 0.4) is 0 Å². The summed E-state index contributed by atoms with van der Waals surface area (Å²) in [5, 5.41) is 1.12. The molecular weight excluding hydrogens is 334 g/mol. The van der Waals surface area contributed by atoms with E-state index >= 15 is 0 Å². The summed E-state index contributed by atoms with van der Waals surface area (Å²) in [6, 6.07) is 8.43. The number of hydrogen-bond acceptors (Lipinski definition) is 5. The number of rotatable bonds is 2. The predicted octanol–water partition coefficient (Wildman–Crippen LogP) is 3.27. The molecule has 0 atom stereocenters. The number of H-pyrrole nitrogens is 1. The second-order valence-corrected chi connectivity index (χ2v) is 6.08. The molecule has 0 aliphatic carbocycles. The molecule has 0 aliphatic heterocycles. The summed E-state index contributed by atoms with van der Waals surface area (Å²) in [4.78, 5) is 40.3. The summed E-state index contributed by atoms with van der Waals surface area (Å²) >= 11 is 0. The highest BCUT2D eigenvalue weighted by atomic mass is 16.5. The molecule has 0 amide bonds. The van der Waals surface area contributed by atoms with Crippen molar-refractivity contribution < 1.29 is 13.9 Å². The van der Waals surface area contributed by atoms with Crippen LogP contribution < -0.4 is 10.9 Å². The minimum absolute atomic E-state index is 0.0857. The van der Waals surface area contributed by atoms with Crippen LogP contribution in [0.1, 0.15) is 22.8 Å². The Balaban J connectivity index is 2.07. The van der Waals surface area contributed by atoms with Crippen molar-refractivity contribution in [1.82, 2.24) is 4.98 Å². The van der Waals surface area contributed by atoms with Crippen LogP contribution in [0, 0.1) is 6.92 Å². The first-order valence-corrected chi connectivity index (χ1v) is 8.19. The van der Waals surface area contributed by atoms with Gasteiger partial charge in [-0.15, -0.1) is 0 Å². The molecule has 130 valence electrons. The number of ether oxygens (including phenoxy) is 1. The fraction of sp³-hybridized carbons (Fsp3) is 0.150. The number of aromatic nitrogens is 1. The highest BCUT2D eigenvalue weighted by Gasteiger charge is 2.16. The fourth-order valence-electron chi connectivity index (χ4n) is 3.04. The van der Waals surface area contributed by atoms with Gasteiger partial charge in [0.25, 0.3) is 0 Å². The number of carbonyl (C=O) groups excluding carboxylic acids is 1. The average molecular weight is 349 g/mol. The maximum atomic E-state index is 12.8. The fourth-order valence-corrected chi connectivity index (χ4v) is 3.04. The Hall–Kier alpha value is -3.41. The second-order valence-electron chi connectivity index (χ2n) is 6.08. The number of hydrogen-bond donors (Lipinski definition) is 1. The molecule has 6 nitrogen and oxygen atoms in total. The van der Waals surface area contributed by atoms with Gasteiger partial charge >= 0.3 is 5.97 Å². The van der Waals surface area contributed by atoms with E-state index in [1.54, 1.807) is 25.1 Å². The van der Waals surface area contributed by atoms with Crippen molar-refractivity contribution in [2.24, 2.45) is 0 Å². The Morgan fingerprint density at radius 2 is 1.81 bits per heavy atom. The van der Waals surface area contributed by atoms with E-state index < -0.39 is 11.4 Å². The first-order valence-electron chi connectivity index (χ1n) is 8.19. The molecule has 2 aromatic heterocycles. The summed E-state index contributed by atoms with van der Waals surface area (Å²) in [6.07, 6.45) is 1.31. The van der Waals surface area contributed by atoms with E-state index in [1.165, 1.54) is 12.3 Å². The van der Waals surface area contributed by atoms with Gasteiger partial charge in [0.05, 0.1) is 28.3 Å². The largest absolute Gasteiger partial charge is 0.462 e. The Morgan fingerprint density at radius 3 is 2.58 bits per heavy atom. The van der Waals surface area contributed by atoms with Crippen LogP contribution >= 0.6 is 0 Å². The number of aromatic amines is 1. The zero-order valence-electron chi connectivity index (χ0n) is 14.2. The molecule has 0 fully saturated rings. The van der Waals surface area contributed by atoms with Crippen molar-refractivity contribution in [1.29, 1.82) is 0 Å². The number of benzene rings is 2. The van der Waals surface area contributed by atoms with Crippen LogP contribution in [-0.2, 0) is 4.74 Å². The Morgan fingerprint density at radius 1 is 1.04 bits per heavy atom. The van der Waals surface area contributed by atoms with Crippen LogP contribution in [0.15, 0.2) is 50.5 Å². The van der Waals surface area contributed by atoms with Crippen molar-refractivity contribution in [3.8, 4) is 0 Å². The topological polar surface area (TPSA) is 89.4 Å². The van der Waals surface area contributed by atoms with E-state index in [-0.39, 0.29) is 23.0 Å². The van der Waals surface area contributed by atoms with Gasteiger partial charge in [0.15, 0.2) is 0 Å². The number of esters is 1. The Kier molecular flexibility index (Phi) is 3.61. The van der Waals surface area contributed by atoms with Crippen LogP contribution in [0.4, 0.5) is 0 Å². The lowest BCUT2D eigenvalue weighted by molar-refractivity contribution is 0.0524. The summed E-state index contributed by atoms with van der Waals surface area (Å²) in [5.41, 5.74) is 1.44. The number of aryl methyl sites for hydroxylation is 1. The van der Waals surface area contributed by atoms with E-state index in [4.69, 9.17) is 9.15 Å². The molecule has 1 N–H and O–H groups in total. The summed E-state index contributed by atoms with van der Waals surface area (Å²) in [7, 11) is 0. The third kappa shape index (κ3) is 2.38. The maximum Gasteiger partial charge on any atom is 0.343 e. The molecule has 0 aliphatic rings. The summed E-state index contributed by atoms with van der Waals surface area (Å²) in [5.74, 6) is -0.689. The molecular formula is C20H15NO5. The average Bonchev–Trinajstić information content (AvgIpc) is 2.62. The molecule has 2 aromatic carbocycles.